The fourth-order valence-corrected chi connectivity index (χ4v) is 3.84. The molecule has 2 aromatic heterocycles. The van der Waals surface area contributed by atoms with E-state index in [1.54, 1.807) is 74.5 Å². The van der Waals surface area contributed by atoms with E-state index >= 15 is 0 Å². The molecular weight excluding hydrogens is 488 g/mol. The Balaban J connectivity index is 1.56. The Kier molecular flexibility index (Phi) is 8.77. The van der Waals surface area contributed by atoms with E-state index in [2.05, 4.69) is 10.6 Å². The van der Waals surface area contributed by atoms with Gasteiger partial charge in [-0.2, -0.15) is 0 Å². The summed E-state index contributed by atoms with van der Waals surface area (Å²) in [5.41, 5.74) is 3.06. The summed E-state index contributed by atoms with van der Waals surface area (Å²) >= 11 is 0. The maximum absolute atomic E-state index is 12.9. The Morgan fingerprint density at radius 2 is 1.47 bits per heavy atom. The number of nitrogens with zero attached hydrogens (tertiary/aromatic N) is 2. The summed E-state index contributed by atoms with van der Waals surface area (Å²) < 4.78 is 13.4. The Labute approximate surface area is 221 Å². The Morgan fingerprint density at radius 3 is 2.11 bits per heavy atom. The number of aromatic nitrogens is 2. The lowest BCUT2D eigenvalue weighted by molar-refractivity contribution is -0.154. The molecule has 2 amide bonds. The molecule has 10 nitrogen and oxygen atoms in total. The lowest BCUT2D eigenvalue weighted by atomic mass is 10.1. The number of carbonyl (C=O) groups is 4. The van der Waals surface area contributed by atoms with Crippen LogP contribution in [-0.2, 0) is 33.2 Å². The minimum absolute atomic E-state index is 0.155. The highest BCUT2D eigenvalue weighted by Gasteiger charge is 2.18. The molecule has 0 saturated carbocycles. The number of nitrogens with one attached hydrogen (secondary N) is 2. The van der Waals surface area contributed by atoms with E-state index in [-0.39, 0.29) is 30.6 Å². The fourth-order valence-electron chi connectivity index (χ4n) is 3.84. The number of aryl methyl sites for hydroxylation is 2. The molecule has 0 unspecified atom stereocenters. The first-order chi connectivity index (χ1) is 17.9. The van der Waals surface area contributed by atoms with E-state index in [1.807, 2.05) is 18.3 Å². The van der Waals surface area contributed by atoms with E-state index in [9.17, 15) is 19.2 Å². The Morgan fingerprint density at radius 1 is 0.816 bits per heavy atom. The van der Waals surface area contributed by atoms with Gasteiger partial charge < -0.3 is 29.2 Å². The van der Waals surface area contributed by atoms with Gasteiger partial charge in [-0.05, 0) is 57.0 Å². The van der Waals surface area contributed by atoms with E-state index in [0.29, 0.717) is 29.2 Å². The average molecular weight is 523 g/mol. The van der Waals surface area contributed by atoms with Crippen LogP contribution < -0.4 is 10.6 Å². The van der Waals surface area contributed by atoms with Gasteiger partial charge in [0.25, 0.3) is 5.91 Å². The van der Waals surface area contributed by atoms with Crippen LogP contribution in [0.3, 0.4) is 0 Å². The number of hydrogen-bond acceptors (Lipinski definition) is 6. The van der Waals surface area contributed by atoms with Crippen LogP contribution in [0, 0.1) is 0 Å². The van der Waals surface area contributed by atoms with E-state index in [0.717, 1.165) is 11.1 Å². The smallest absolute Gasteiger partial charge is 0.354 e. The van der Waals surface area contributed by atoms with Crippen molar-refractivity contribution in [2.75, 3.05) is 17.7 Å². The minimum atomic E-state index is -0.555. The molecule has 2 heterocycles. The predicted octanol–water partition coefficient (Wildman–Crippen LogP) is 4.52. The van der Waals surface area contributed by atoms with Crippen molar-refractivity contribution < 1.29 is 28.7 Å². The highest BCUT2D eigenvalue weighted by molar-refractivity contribution is 6.04. The van der Waals surface area contributed by atoms with Crippen molar-refractivity contribution in [2.24, 2.45) is 14.1 Å². The van der Waals surface area contributed by atoms with Crippen LogP contribution in [0.25, 0.3) is 11.1 Å². The third kappa shape index (κ3) is 7.58. The normalized spacial score (nSPS) is 11.1. The highest BCUT2D eigenvalue weighted by atomic mass is 16.6. The number of esters is 2. The Bertz CT molecular complexity index is 1330. The average Bonchev–Trinajstić information content (AvgIpc) is 3.40. The van der Waals surface area contributed by atoms with Gasteiger partial charge in [0, 0.05) is 50.6 Å². The third-order valence-electron chi connectivity index (χ3n) is 5.60. The molecule has 0 radical (unpaired) electrons. The molecule has 2 N–H and O–H groups in total. The molecular formula is C28H34N4O6. The first-order valence-electron chi connectivity index (χ1n) is 12.2. The van der Waals surface area contributed by atoms with Crippen LogP contribution >= 0.6 is 0 Å². The summed E-state index contributed by atoms with van der Waals surface area (Å²) in [6.45, 7) is 5.39. The minimum Gasteiger partial charge on any atom is -0.464 e. The summed E-state index contributed by atoms with van der Waals surface area (Å²) in [6, 6.07) is 10.6. The SMILES string of the molecule is COC(=O)c1cc(-c2ccc(NC(=O)c3cc(NC(=O)CCCC(=O)OC(C)(C)C)cn3C)cc2)cn1C. The zero-order valence-corrected chi connectivity index (χ0v) is 22.6. The molecule has 0 fully saturated rings. The zero-order valence-electron chi connectivity index (χ0n) is 22.6. The van der Waals surface area contributed by atoms with Crippen LogP contribution in [-0.4, -0.2) is 45.6 Å². The van der Waals surface area contributed by atoms with Crippen molar-refractivity contribution in [3.63, 3.8) is 0 Å². The summed E-state index contributed by atoms with van der Waals surface area (Å²) in [5.74, 6) is -1.34. The van der Waals surface area contributed by atoms with Gasteiger partial charge in [-0.15, -0.1) is 0 Å². The number of amides is 2. The van der Waals surface area contributed by atoms with Gasteiger partial charge in [0.05, 0.1) is 12.8 Å². The number of hydrogen-bond donors (Lipinski definition) is 2. The molecule has 0 spiro atoms. The Hall–Kier alpha value is -4.34. The monoisotopic (exact) mass is 522 g/mol. The molecule has 0 aliphatic carbocycles. The van der Waals surface area contributed by atoms with E-state index in [4.69, 9.17) is 9.47 Å². The standard InChI is InChI=1S/C28H34N4O6/c1-28(2,3)38-25(34)9-7-8-24(33)29-21-15-22(32(5)17-21)26(35)30-20-12-10-18(11-13-20)19-14-23(27(36)37-6)31(4)16-19/h10-17H,7-9H2,1-6H3,(H,29,33)(H,30,35). The molecule has 0 atom stereocenters. The topological polar surface area (TPSA) is 121 Å². The molecule has 0 saturated heterocycles. The van der Waals surface area contributed by atoms with Crippen molar-refractivity contribution in [1.29, 1.82) is 0 Å². The second-order valence-electron chi connectivity index (χ2n) is 9.96. The van der Waals surface area contributed by atoms with Crippen molar-refractivity contribution in [2.45, 2.75) is 45.6 Å². The molecule has 3 rings (SSSR count). The van der Waals surface area contributed by atoms with Crippen LogP contribution in [0.5, 0.6) is 0 Å². The zero-order chi connectivity index (χ0) is 28.0. The van der Waals surface area contributed by atoms with Crippen LogP contribution in [0.15, 0.2) is 48.8 Å². The lowest BCUT2D eigenvalue weighted by Gasteiger charge is -2.19. The molecule has 0 aliphatic heterocycles. The van der Waals surface area contributed by atoms with Crippen molar-refractivity contribution >= 4 is 35.1 Å². The maximum atomic E-state index is 12.9. The van der Waals surface area contributed by atoms with Crippen LogP contribution in [0.1, 0.15) is 61.0 Å². The van der Waals surface area contributed by atoms with Crippen molar-refractivity contribution in [3.05, 3.63) is 60.2 Å². The van der Waals surface area contributed by atoms with Gasteiger partial charge in [-0.3, -0.25) is 14.4 Å². The lowest BCUT2D eigenvalue weighted by Crippen LogP contribution is -2.23. The van der Waals surface area contributed by atoms with Crippen molar-refractivity contribution in [3.8, 4) is 11.1 Å². The van der Waals surface area contributed by atoms with Gasteiger partial charge in [0.2, 0.25) is 5.91 Å². The molecule has 10 heteroatoms. The van der Waals surface area contributed by atoms with E-state index < -0.39 is 11.6 Å². The molecule has 3 aromatic rings. The summed E-state index contributed by atoms with van der Waals surface area (Å²) in [4.78, 5) is 48.8. The van der Waals surface area contributed by atoms with E-state index in [1.165, 1.54) is 7.11 Å². The third-order valence-corrected chi connectivity index (χ3v) is 5.60. The first kappa shape index (κ1) is 28.2. The molecule has 1 aromatic carbocycles. The summed E-state index contributed by atoms with van der Waals surface area (Å²) in [5, 5.41) is 5.61. The number of anilines is 2. The molecule has 202 valence electrons. The van der Waals surface area contributed by atoms with Gasteiger partial charge >= 0.3 is 11.9 Å². The van der Waals surface area contributed by atoms with Crippen molar-refractivity contribution in [1.82, 2.24) is 9.13 Å². The fraction of sp³-hybridized carbons (Fsp3) is 0.357. The molecule has 38 heavy (non-hydrogen) atoms. The van der Waals surface area contributed by atoms with Gasteiger partial charge in [-0.1, -0.05) is 12.1 Å². The maximum Gasteiger partial charge on any atom is 0.354 e. The molecule has 0 bridgehead atoms. The number of rotatable bonds is 9. The second kappa shape index (κ2) is 11.8. The predicted molar refractivity (Wildman–Crippen MR) is 144 cm³/mol. The van der Waals surface area contributed by atoms with Gasteiger partial charge in [-0.25, -0.2) is 4.79 Å². The van der Waals surface area contributed by atoms with Crippen LogP contribution in [0.4, 0.5) is 11.4 Å². The quantitative estimate of drug-likeness (QED) is 0.399. The largest absolute Gasteiger partial charge is 0.464 e. The van der Waals surface area contributed by atoms with Crippen LogP contribution in [0.2, 0.25) is 0 Å². The van der Waals surface area contributed by atoms with Gasteiger partial charge in [0.1, 0.15) is 17.0 Å². The number of ether oxygens (including phenoxy) is 2. The highest BCUT2D eigenvalue weighted by Crippen LogP contribution is 2.24. The number of carbonyl (C=O) groups excluding carboxylic acids is 4. The number of methoxy groups -OCH3 is 1. The molecule has 0 aliphatic rings. The summed E-state index contributed by atoms with van der Waals surface area (Å²) in [7, 11) is 4.82. The summed E-state index contributed by atoms with van der Waals surface area (Å²) in [6.07, 6.45) is 4.16. The van der Waals surface area contributed by atoms with Gasteiger partial charge in [0.15, 0.2) is 0 Å². The first-order valence-corrected chi connectivity index (χ1v) is 12.2. The second-order valence-corrected chi connectivity index (χ2v) is 9.96. The number of benzene rings is 1.